The summed E-state index contributed by atoms with van der Waals surface area (Å²) < 4.78 is 7.29. The van der Waals surface area contributed by atoms with Crippen LogP contribution in [0.2, 0.25) is 0 Å². The van der Waals surface area contributed by atoms with Gasteiger partial charge in [-0.15, -0.1) is 5.10 Å². The lowest BCUT2D eigenvalue weighted by molar-refractivity contribution is 0.100. The van der Waals surface area contributed by atoms with Crippen LogP contribution in [0.25, 0.3) is 0 Å². The maximum Gasteiger partial charge on any atom is 0.0751 e. The summed E-state index contributed by atoms with van der Waals surface area (Å²) in [6.07, 6.45) is 6.49. The van der Waals surface area contributed by atoms with Crippen LogP contribution in [0, 0.1) is 0 Å². The van der Waals surface area contributed by atoms with Crippen LogP contribution in [0.3, 0.4) is 0 Å². The van der Waals surface area contributed by atoms with E-state index in [4.69, 9.17) is 10.5 Å². The molecule has 84 valence electrons. The van der Waals surface area contributed by atoms with Crippen LogP contribution in [-0.4, -0.2) is 27.7 Å². The van der Waals surface area contributed by atoms with Gasteiger partial charge in [-0.1, -0.05) is 5.21 Å². The molecule has 2 N–H and O–H groups in total. The van der Waals surface area contributed by atoms with Crippen molar-refractivity contribution >= 4 is 0 Å². The summed E-state index contributed by atoms with van der Waals surface area (Å²) in [5.74, 6) is 0. The molecule has 0 spiro atoms. The summed E-state index contributed by atoms with van der Waals surface area (Å²) in [6.45, 7) is 0.910. The minimum Gasteiger partial charge on any atom is -0.378 e. The fraction of sp³-hybridized carbons (Fsp3) is 0.800. The second kappa shape index (κ2) is 4.72. The lowest BCUT2D eigenvalue weighted by Gasteiger charge is -2.14. The lowest BCUT2D eigenvalue weighted by atomic mass is 10.0. The third-order valence-corrected chi connectivity index (χ3v) is 2.95. The smallest absolute Gasteiger partial charge is 0.0751 e. The molecule has 1 aliphatic heterocycles. The molecule has 0 aliphatic carbocycles. The van der Waals surface area contributed by atoms with Gasteiger partial charge in [0.15, 0.2) is 0 Å². The zero-order valence-corrected chi connectivity index (χ0v) is 9.09. The molecule has 2 unspecified atom stereocenters. The van der Waals surface area contributed by atoms with Crippen LogP contribution in [-0.2, 0) is 11.8 Å². The molecule has 0 radical (unpaired) electrons. The van der Waals surface area contributed by atoms with Crippen LogP contribution in [0.1, 0.15) is 37.4 Å². The number of hydrogen-bond acceptors (Lipinski definition) is 4. The number of rotatable bonds is 4. The third kappa shape index (κ3) is 2.54. The molecule has 1 aromatic heterocycles. The molecule has 0 saturated carbocycles. The van der Waals surface area contributed by atoms with Gasteiger partial charge in [-0.3, -0.25) is 4.68 Å². The maximum atomic E-state index is 6.06. The Morgan fingerprint density at radius 3 is 3.20 bits per heavy atom. The molecule has 2 heterocycles. The highest BCUT2D eigenvalue weighted by molar-refractivity contribution is 5.00. The number of hydrogen-bond donors (Lipinski definition) is 1. The largest absolute Gasteiger partial charge is 0.378 e. The predicted octanol–water partition coefficient (Wildman–Crippen LogP) is 0.774. The Morgan fingerprint density at radius 2 is 2.60 bits per heavy atom. The first-order valence-electron chi connectivity index (χ1n) is 5.49. The van der Waals surface area contributed by atoms with Gasteiger partial charge in [0.05, 0.1) is 18.0 Å². The zero-order chi connectivity index (χ0) is 10.7. The van der Waals surface area contributed by atoms with Gasteiger partial charge in [0.2, 0.25) is 0 Å². The van der Waals surface area contributed by atoms with Crippen molar-refractivity contribution in [3.63, 3.8) is 0 Å². The van der Waals surface area contributed by atoms with Gasteiger partial charge in [-0.25, -0.2) is 0 Å². The molecule has 0 bridgehead atoms. The number of nitrogens with zero attached hydrogens (tertiary/aromatic N) is 3. The second-order valence-electron chi connectivity index (χ2n) is 4.10. The van der Waals surface area contributed by atoms with Crippen molar-refractivity contribution in [1.29, 1.82) is 0 Å². The van der Waals surface area contributed by atoms with E-state index < -0.39 is 0 Å². The van der Waals surface area contributed by atoms with Gasteiger partial charge in [0.25, 0.3) is 0 Å². The minimum absolute atomic E-state index is 0.0224. The summed E-state index contributed by atoms with van der Waals surface area (Å²) >= 11 is 0. The Hall–Kier alpha value is -0.940. The Kier molecular flexibility index (Phi) is 3.33. The first-order valence-corrected chi connectivity index (χ1v) is 5.49. The van der Waals surface area contributed by atoms with Crippen LogP contribution in [0.4, 0.5) is 0 Å². The van der Waals surface area contributed by atoms with Gasteiger partial charge in [0, 0.05) is 19.7 Å². The minimum atomic E-state index is 0.0224. The Bertz CT molecular complexity index is 306. The van der Waals surface area contributed by atoms with Crippen LogP contribution in [0.5, 0.6) is 0 Å². The zero-order valence-electron chi connectivity index (χ0n) is 9.09. The number of aryl methyl sites for hydroxylation is 1. The number of nitrogens with two attached hydrogens (primary N) is 1. The summed E-state index contributed by atoms with van der Waals surface area (Å²) in [7, 11) is 1.87. The van der Waals surface area contributed by atoms with Gasteiger partial charge in [-0.2, -0.15) is 0 Å². The van der Waals surface area contributed by atoms with Crippen LogP contribution in [0.15, 0.2) is 6.20 Å². The van der Waals surface area contributed by atoms with E-state index in [0.29, 0.717) is 6.10 Å². The molecule has 5 heteroatoms. The molecule has 15 heavy (non-hydrogen) atoms. The van der Waals surface area contributed by atoms with Crippen LogP contribution < -0.4 is 5.73 Å². The first kappa shape index (κ1) is 10.6. The van der Waals surface area contributed by atoms with Crippen molar-refractivity contribution < 1.29 is 4.74 Å². The van der Waals surface area contributed by atoms with Gasteiger partial charge < -0.3 is 10.5 Å². The van der Waals surface area contributed by atoms with E-state index in [9.17, 15) is 0 Å². The third-order valence-electron chi connectivity index (χ3n) is 2.95. The molecule has 1 saturated heterocycles. The molecule has 0 amide bonds. The van der Waals surface area contributed by atoms with Gasteiger partial charge in [-0.05, 0) is 25.7 Å². The van der Waals surface area contributed by atoms with Gasteiger partial charge in [0.1, 0.15) is 0 Å². The molecule has 5 nitrogen and oxygen atoms in total. The van der Waals surface area contributed by atoms with E-state index in [2.05, 4.69) is 10.3 Å². The highest BCUT2D eigenvalue weighted by Crippen LogP contribution is 2.21. The van der Waals surface area contributed by atoms with Crippen LogP contribution >= 0.6 is 0 Å². The van der Waals surface area contributed by atoms with E-state index in [-0.39, 0.29) is 6.04 Å². The van der Waals surface area contributed by atoms with E-state index in [1.165, 1.54) is 12.8 Å². The predicted molar refractivity (Wildman–Crippen MR) is 56.1 cm³/mol. The standard InChI is InChI=1S/C10H18N4O/c1-14-10(7-12-13-14)9(11)5-4-8-3-2-6-15-8/h7-9H,2-6,11H2,1H3. The van der Waals surface area contributed by atoms with E-state index in [1.54, 1.807) is 10.9 Å². The quantitative estimate of drug-likeness (QED) is 0.797. The molecule has 0 aromatic carbocycles. The molecule has 1 aromatic rings. The van der Waals surface area contributed by atoms with E-state index >= 15 is 0 Å². The molecular weight excluding hydrogens is 192 g/mol. The summed E-state index contributed by atoms with van der Waals surface area (Å²) in [6, 6.07) is 0.0224. The highest BCUT2D eigenvalue weighted by atomic mass is 16.5. The highest BCUT2D eigenvalue weighted by Gasteiger charge is 2.18. The Balaban J connectivity index is 1.81. The first-order chi connectivity index (χ1) is 7.27. The average Bonchev–Trinajstić information content (AvgIpc) is 2.84. The normalized spacial score (nSPS) is 23.2. The summed E-state index contributed by atoms with van der Waals surface area (Å²) in [5, 5.41) is 7.70. The molecule has 1 aliphatic rings. The van der Waals surface area contributed by atoms with Crippen molar-refractivity contribution in [3.05, 3.63) is 11.9 Å². The van der Waals surface area contributed by atoms with Crippen molar-refractivity contribution in [1.82, 2.24) is 15.0 Å². The fourth-order valence-electron chi connectivity index (χ4n) is 2.02. The fourth-order valence-corrected chi connectivity index (χ4v) is 2.02. The van der Waals surface area contributed by atoms with Gasteiger partial charge >= 0.3 is 0 Å². The topological polar surface area (TPSA) is 66.0 Å². The molecular formula is C10H18N4O. The monoisotopic (exact) mass is 210 g/mol. The molecule has 2 atom stereocenters. The van der Waals surface area contributed by atoms with Crippen molar-refractivity contribution in [2.45, 2.75) is 37.8 Å². The maximum absolute atomic E-state index is 6.06. The lowest BCUT2D eigenvalue weighted by Crippen LogP contribution is -2.17. The SMILES string of the molecule is Cn1nncc1C(N)CCC1CCCO1. The average molecular weight is 210 g/mol. The summed E-state index contributed by atoms with van der Waals surface area (Å²) in [4.78, 5) is 0. The Morgan fingerprint density at radius 1 is 1.73 bits per heavy atom. The van der Waals surface area contributed by atoms with Crippen molar-refractivity contribution in [3.8, 4) is 0 Å². The van der Waals surface area contributed by atoms with E-state index in [0.717, 1.165) is 25.1 Å². The molecule has 2 rings (SSSR count). The summed E-state index contributed by atoms with van der Waals surface area (Å²) in [5.41, 5.74) is 7.06. The Labute approximate surface area is 89.6 Å². The van der Waals surface area contributed by atoms with E-state index in [1.807, 2.05) is 7.05 Å². The molecule has 1 fully saturated rings. The number of ether oxygens (including phenoxy) is 1. The number of aromatic nitrogens is 3. The van der Waals surface area contributed by atoms with Crippen molar-refractivity contribution in [2.75, 3.05) is 6.61 Å². The second-order valence-corrected chi connectivity index (χ2v) is 4.10. The van der Waals surface area contributed by atoms with Crippen molar-refractivity contribution in [2.24, 2.45) is 12.8 Å².